The lowest BCUT2D eigenvalue weighted by Gasteiger charge is -2.21. The van der Waals surface area contributed by atoms with Gasteiger partial charge in [-0.15, -0.1) is 0 Å². The van der Waals surface area contributed by atoms with Crippen molar-refractivity contribution in [3.63, 3.8) is 0 Å². The van der Waals surface area contributed by atoms with E-state index < -0.39 is 0 Å². The van der Waals surface area contributed by atoms with Crippen LogP contribution in [0.2, 0.25) is 0 Å². The van der Waals surface area contributed by atoms with E-state index in [0.29, 0.717) is 13.1 Å². The molecule has 38 heavy (non-hydrogen) atoms. The van der Waals surface area contributed by atoms with Gasteiger partial charge in [-0.1, -0.05) is 96.1 Å². The maximum Gasteiger partial charge on any atom is 0.0692 e. The molecule has 0 heterocycles. The van der Waals surface area contributed by atoms with Crippen LogP contribution in [0.3, 0.4) is 0 Å². The molecular formula is C35H39N3. The monoisotopic (exact) mass is 501 g/mol. The van der Waals surface area contributed by atoms with Gasteiger partial charge in [0.05, 0.1) is 22.8 Å². The molecule has 0 bridgehead atoms. The van der Waals surface area contributed by atoms with Gasteiger partial charge in [-0.05, 0) is 82.0 Å². The van der Waals surface area contributed by atoms with Gasteiger partial charge in [0.1, 0.15) is 0 Å². The quantitative estimate of drug-likeness (QED) is 0.223. The van der Waals surface area contributed by atoms with E-state index >= 15 is 0 Å². The number of rotatable bonds is 8. The smallest absolute Gasteiger partial charge is 0.0692 e. The number of aliphatic imine (C=N–C) groups is 2. The van der Waals surface area contributed by atoms with Crippen LogP contribution >= 0.6 is 0 Å². The van der Waals surface area contributed by atoms with Gasteiger partial charge in [0.25, 0.3) is 0 Å². The first-order valence-corrected chi connectivity index (χ1v) is 13.3. The fourth-order valence-electron chi connectivity index (χ4n) is 5.18. The molecule has 0 unspecified atom stereocenters. The van der Waals surface area contributed by atoms with Gasteiger partial charge in [-0.2, -0.15) is 0 Å². The second-order valence-corrected chi connectivity index (χ2v) is 10.5. The molecule has 0 saturated heterocycles. The summed E-state index contributed by atoms with van der Waals surface area (Å²) in [6.07, 6.45) is 0. The zero-order valence-corrected chi connectivity index (χ0v) is 23.8. The molecule has 0 spiro atoms. The van der Waals surface area contributed by atoms with Crippen molar-refractivity contribution in [1.29, 1.82) is 0 Å². The van der Waals surface area contributed by atoms with Crippen molar-refractivity contribution in [1.82, 2.24) is 4.90 Å². The summed E-state index contributed by atoms with van der Waals surface area (Å²) in [6, 6.07) is 29.9. The number of benzene rings is 4. The molecule has 0 aliphatic heterocycles. The molecule has 194 valence electrons. The van der Waals surface area contributed by atoms with Crippen molar-refractivity contribution >= 4 is 22.8 Å². The van der Waals surface area contributed by atoms with E-state index in [1.807, 2.05) is 0 Å². The van der Waals surface area contributed by atoms with Crippen molar-refractivity contribution in [3.05, 3.63) is 129 Å². The molecule has 0 atom stereocenters. The van der Waals surface area contributed by atoms with E-state index in [9.17, 15) is 0 Å². The molecule has 3 nitrogen and oxygen atoms in total. The van der Waals surface area contributed by atoms with Gasteiger partial charge >= 0.3 is 0 Å². The Bertz CT molecular complexity index is 1310. The number of hydrogen-bond donors (Lipinski definition) is 0. The van der Waals surface area contributed by atoms with Crippen LogP contribution in [0, 0.1) is 41.5 Å². The number of likely N-dealkylation sites (N-methyl/N-ethyl adjacent to an activating group) is 1. The van der Waals surface area contributed by atoms with Crippen molar-refractivity contribution in [2.24, 2.45) is 9.98 Å². The molecule has 0 N–H and O–H groups in total. The van der Waals surface area contributed by atoms with E-state index in [1.54, 1.807) is 0 Å². The number of nitrogens with zero attached hydrogens (tertiary/aromatic N) is 3. The van der Waals surface area contributed by atoms with Crippen LogP contribution in [0.4, 0.5) is 11.4 Å². The molecule has 4 aromatic carbocycles. The molecule has 0 fully saturated rings. The third-order valence-electron chi connectivity index (χ3n) is 6.82. The van der Waals surface area contributed by atoms with E-state index in [0.717, 1.165) is 33.9 Å². The van der Waals surface area contributed by atoms with Gasteiger partial charge < -0.3 is 0 Å². The highest BCUT2D eigenvalue weighted by atomic mass is 15.1. The van der Waals surface area contributed by atoms with Gasteiger partial charge in [-0.3, -0.25) is 14.9 Å². The maximum absolute atomic E-state index is 5.25. The summed E-state index contributed by atoms with van der Waals surface area (Å²) in [5.74, 6) is 0. The molecule has 0 aliphatic rings. The third kappa shape index (κ3) is 6.73. The van der Waals surface area contributed by atoms with Crippen LogP contribution in [0.25, 0.3) is 0 Å². The Kier molecular flexibility index (Phi) is 8.70. The topological polar surface area (TPSA) is 28.0 Å². The summed E-state index contributed by atoms with van der Waals surface area (Å²) >= 11 is 0. The lowest BCUT2D eigenvalue weighted by molar-refractivity contribution is 0.437. The van der Waals surface area contributed by atoms with E-state index in [4.69, 9.17) is 9.98 Å². The van der Waals surface area contributed by atoms with Crippen LogP contribution in [0.15, 0.2) is 94.9 Å². The minimum absolute atomic E-state index is 0.703. The lowest BCUT2D eigenvalue weighted by Crippen LogP contribution is -2.32. The molecule has 0 aliphatic carbocycles. The Labute approximate surface area is 228 Å². The van der Waals surface area contributed by atoms with Crippen molar-refractivity contribution < 1.29 is 0 Å². The highest BCUT2D eigenvalue weighted by molar-refractivity contribution is 6.06. The van der Waals surface area contributed by atoms with Crippen LogP contribution < -0.4 is 0 Å². The second kappa shape index (κ2) is 12.1. The van der Waals surface area contributed by atoms with E-state index in [-0.39, 0.29) is 0 Å². The predicted octanol–water partition coefficient (Wildman–Crippen LogP) is 8.41. The molecule has 3 heteroatoms. The van der Waals surface area contributed by atoms with Gasteiger partial charge in [0, 0.05) is 13.1 Å². The number of aryl methyl sites for hydroxylation is 6. The molecule has 0 radical (unpaired) electrons. The maximum atomic E-state index is 5.25. The van der Waals surface area contributed by atoms with Crippen LogP contribution in [0.5, 0.6) is 0 Å². The largest absolute Gasteiger partial charge is 0.295 e. The van der Waals surface area contributed by atoms with E-state index in [2.05, 4.69) is 138 Å². The SMILES string of the molecule is Cc1cc(C)c(N=C(CN(C)CC(=Nc2c(C)cc(C)cc2C)c2ccccc2)c2ccccc2)c(C)c1. The molecular weight excluding hydrogens is 462 g/mol. The van der Waals surface area contributed by atoms with Gasteiger partial charge in [0.2, 0.25) is 0 Å². The van der Waals surface area contributed by atoms with Crippen molar-refractivity contribution in [3.8, 4) is 0 Å². The molecule has 0 saturated carbocycles. The fraction of sp³-hybridized carbons (Fsp3) is 0.257. The first-order valence-electron chi connectivity index (χ1n) is 13.3. The van der Waals surface area contributed by atoms with Crippen molar-refractivity contribution in [2.75, 3.05) is 20.1 Å². The highest BCUT2D eigenvalue weighted by Crippen LogP contribution is 2.28. The summed E-state index contributed by atoms with van der Waals surface area (Å²) in [5.41, 5.74) is 13.9. The molecule has 0 amide bonds. The summed E-state index contributed by atoms with van der Waals surface area (Å²) in [7, 11) is 2.15. The van der Waals surface area contributed by atoms with Gasteiger partial charge in [-0.25, -0.2) is 0 Å². The second-order valence-electron chi connectivity index (χ2n) is 10.5. The summed E-state index contributed by atoms with van der Waals surface area (Å²) < 4.78 is 0. The predicted molar refractivity (Wildman–Crippen MR) is 164 cm³/mol. The first kappa shape index (κ1) is 27.2. The summed E-state index contributed by atoms with van der Waals surface area (Å²) in [5, 5.41) is 0. The number of hydrogen-bond acceptors (Lipinski definition) is 3. The molecule has 0 aromatic heterocycles. The minimum atomic E-state index is 0.703. The fourth-order valence-corrected chi connectivity index (χ4v) is 5.18. The average Bonchev–Trinajstić information content (AvgIpc) is 2.87. The zero-order valence-electron chi connectivity index (χ0n) is 23.8. The average molecular weight is 502 g/mol. The van der Waals surface area contributed by atoms with Crippen LogP contribution in [-0.2, 0) is 0 Å². The third-order valence-corrected chi connectivity index (χ3v) is 6.82. The van der Waals surface area contributed by atoms with Crippen molar-refractivity contribution in [2.45, 2.75) is 41.5 Å². The normalized spacial score (nSPS) is 12.3. The Morgan fingerprint density at radius 2 is 0.842 bits per heavy atom. The minimum Gasteiger partial charge on any atom is -0.295 e. The first-order chi connectivity index (χ1) is 18.2. The van der Waals surface area contributed by atoms with Crippen LogP contribution in [-0.4, -0.2) is 36.5 Å². The Balaban J connectivity index is 1.72. The Hall–Kier alpha value is -3.82. The molecule has 4 aromatic rings. The molecule has 4 rings (SSSR count). The summed E-state index contributed by atoms with van der Waals surface area (Å²) in [6.45, 7) is 14.3. The van der Waals surface area contributed by atoms with E-state index in [1.165, 1.54) is 33.4 Å². The Morgan fingerprint density at radius 3 is 1.16 bits per heavy atom. The Morgan fingerprint density at radius 1 is 0.526 bits per heavy atom. The lowest BCUT2D eigenvalue weighted by atomic mass is 10.0. The van der Waals surface area contributed by atoms with Crippen LogP contribution in [0.1, 0.15) is 44.5 Å². The highest BCUT2D eigenvalue weighted by Gasteiger charge is 2.15. The summed E-state index contributed by atoms with van der Waals surface area (Å²) in [4.78, 5) is 12.8. The van der Waals surface area contributed by atoms with Gasteiger partial charge in [0.15, 0.2) is 0 Å². The zero-order chi connectivity index (χ0) is 27.2. The standard InChI is InChI=1S/C35H39N3/c1-24-18-26(3)34(27(4)19-24)36-32(30-14-10-8-11-15-30)22-38(7)23-33(31-16-12-9-13-17-31)37-35-28(5)20-25(2)21-29(35)6/h8-21H,22-23H2,1-7H3.